The number of nitrogens with one attached hydrogen (secondary N) is 1. The van der Waals surface area contributed by atoms with E-state index in [1.165, 1.54) is 9.18 Å². The fraction of sp³-hybridized carbons (Fsp3) is 0.615. The Morgan fingerprint density at radius 3 is 3.14 bits per heavy atom. The molecule has 0 saturated carbocycles. The van der Waals surface area contributed by atoms with Crippen molar-refractivity contribution in [2.24, 2.45) is 0 Å². The molecule has 21 heavy (non-hydrogen) atoms. The van der Waals surface area contributed by atoms with Gasteiger partial charge in [0, 0.05) is 24.6 Å². The molecule has 0 spiro atoms. The van der Waals surface area contributed by atoms with Crippen LogP contribution in [0.25, 0.3) is 0 Å². The van der Waals surface area contributed by atoms with Gasteiger partial charge in [0.25, 0.3) is 0 Å². The number of amides is 1. The molecule has 0 aliphatic carbocycles. The lowest BCUT2D eigenvalue weighted by Crippen LogP contribution is -2.45. The third kappa shape index (κ3) is 3.45. The minimum Gasteiger partial charge on any atom is -0.378 e. The van der Waals surface area contributed by atoms with Crippen LogP contribution in [0, 0.1) is 0 Å². The van der Waals surface area contributed by atoms with Gasteiger partial charge < -0.3 is 4.74 Å². The summed E-state index contributed by atoms with van der Waals surface area (Å²) < 4.78 is 33.4. The maximum Gasteiger partial charge on any atom is 0.304 e. The topological polar surface area (TPSA) is 75.7 Å². The van der Waals surface area contributed by atoms with Gasteiger partial charge in [-0.2, -0.15) is 12.7 Å². The van der Waals surface area contributed by atoms with Gasteiger partial charge in [-0.1, -0.05) is 0 Å². The molecule has 1 N–H and O–H groups in total. The molecule has 8 heteroatoms. The molecule has 1 aromatic heterocycles. The quantitative estimate of drug-likeness (QED) is 0.895. The Bertz CT molecular complexity index is 620. The number of carbonyl (C=O) groups excluding carboxylic acids is 1. The zero-order chi connectivity index (χ0) is 14.9. The van der Waals surface area contributed by atoms with Crippen molar-refractivity contribution in [3.05, 3.63) is 21.9 Å². The molecule has 1 saturated heterocycles. The first kappa shape index (κ1) is 15.0. The molecule has 1 unspecified atom stereocenters. The Labute approximate surface area is 128 Å². The molecule has 116 valence electrons. The lowest BCUT2D eigenvalue weighted by molar-refractivity contribution is -0.121. The zero-order valence-electron chi connectivity index (χ0n) is 11.6. The molecule has 2 aliphatic rings. The van der Waals surface area contributed by atoms with Gasteiger partial charge >= 0.3 is 10.2 Å². The summed E-state index contributed by atoms with van der Waals surface area (Å²) >= 11 is 1.65. The van der Waals surface area contributed by atoms with E-state index in [-0.39, 0.29) is 12.5 Å². The number of nitrogens with zero attached hydrogens (tertiary/aromatic N) is 1. The van der Waals surface area contributed by atoms with E-state index in [4.69, 9.17) is 4.74 Å². The summed E-state index contributed by atoms with van der Waals surface area (Å²) in [5.41, 5.74) is 1.03. The van der Waals surface area contributed by atoms with Crippen LogP contribution >= 0.6 is 11.3 Å². The highest BCUT2D eigenvalue weighted by Crippen LogP contribution is 2.25. The van der Waals surface area contributed by atoms with Crippen molar-refractivity contribution in [3.8, 4) is 0 Å². The maximum atomic E-state index is 12.3. The van der Waals surface area contributed by atoms with Crippen LogP contribution in [-0.4, -0.2) is 37.9 Å². The van der Waals surface area contributed by atoms with Crippen molar-refractivity contribution in [1.82, 2.24) is 9.03 Å². The summed E-state index contributed by atoms with van der Waals surface area (Å²) in [7, 11) is -3.76. The number of hydrogen-bond donors (Lipinski definition) is 1. The van der Waals surface area contributed by atoms with Crippen LogP contribution < -0.4 is 4.72 Å². The standard InChI is InChI=1S/C13H18N2O4S2/c16-13(8-11-2-1-6-19-11)14-21(17,18)15-5-3-12-10(9-15)4-7-20-12/h4,7,11H,1-3,5-6,8-9H2,(H,14,16). The molecule has 1 amide bonds. The number of rotatable bonds is 4. The van der Waals surface area contributed by atoms with Crippen molar-refractivity contribution in [3.63, 3.8) is 0 Å². The molecule has 3 rings (SSSR count). The largest absolute Gasteiger partial charge is 0.378 e. The maximum absolute atomic E-state index is 12.3. The van der Waals surface area contributed by atoms with Crippen LogP contribution in [0.15, 0.2) is 11.4 Å². The fourth-order valence-corrected chi connectivity index (χ4v) is 4.72. The predicted octanol–water partition coefficient (Wildman–Crippen LogP) is 1.04. The van der Waals surface area contributed by atoms with Crippen LogP contribution in [0.3, 0.4) is 0 Å². The molecular formula is C13H18N2O4S2. The molecule has 1 aromatic rings. The first-order valence-electron chi connectivity index (χ1n) is 7.02. The van der Waals surface area contributed by atoms with Gasteiger partial charge in [0.15, 0.2) is 0 Å². The summed E-state index contributed by atoms with van der Waals surface area (Å²) in [6.07, 6.45) is 2.41. The van der Waals surface area contributed by atoms with Crippen LogP contribution in [0.1, 0.15) is 29.7 Å². The average Bonchev–Trinajstić information content (AvgIpc) is 3.07. The van der Waals surface area contributed by atoms with E-state index in [2.05, 4.69) is 4.72 Å². The van der Waals surface area contributed by atoms with Crippen LogP contribution in [0.2, 0.25) is 0 Å². The van der Waals surface area contributed by atoms with Gasteiger partial charge in [0.05, 0.1) is 12.5 Å². The first-order valence-corrected chi connectivity index (χ1v) is 9.34. The monoisotopic (exact) mass is 330 g/mol. The molecule has 0 aromatic carbocycles. The van der Waals surface area contributed by atoms with Crippen LogP contribution in [-0.2, 0) is 32.7 Å². The van der Waals surface area contributed by atoms with Crippen molar-refractivity contribution < 1.29 is 17.9 Å². The van der Waals surface area contributed by atoms with Gasteiger partial charge in [-0.15, -0.1) is 11.3 Å². The Morgan fingerprint density at radius 2 is 2.38 bits per heavy atom. The molecule has 1 atom stereocenters. The van der Waals surface area contributed by atoms with Gasteiger partial charge in [-0.25, -0.2) is 4.72 Å². The Hall–Kier alpha value is -0.960. The molecule has 0 radical (unpaired) electrons. The first-order chi connectivity index (χ1) is 10.0. The second-order valence-electron chi connectivity index (χ2n) is 5.32. The second-order valence-corrected chi connectivity index (χ2v) is 7.99. The molecule has 2 aliphatic heterocycles. The average molecular weight is 330 g/mol. The summed E-state index contributed by atoms with van der Waals surface area (Å²) in [4.78, 5) is 13.1. The van der Waals surface area contributed by atoms with Crippen LogP contribution in [0.5, 0.6) is 0 Å². The van der Waals surface area contributed by atoms with Gasteiger partial charge in [0.2, 0.25) is 5.91 Å². The van der Waals surface area contributed by atoms with E-state index in [9.17, 15) is 13.2 Å². The van der Waals surface area contributed by atoms with E-state index in [1.54, 1.807) is 11.3 Å². The predicted molar refractivity (Wildman–Crippen MR) is 79.1 cm³/mol. The molecule has 6 nitrogen and oxygen atoms in total. The Morgan fingerprint density at radius 1 is 1.52 bits per heavy atom. The summed E-state index contributed by atoms with van der Waals surface area (Å²) in [6.45, 7) is 1.40. The Kier molecular flexibility index (Phi) is 4.30. The highest BCUT2D eigenvalue weighted by atomic mass is 32.2. The van der Waals surface area contributed by atoms with Crippen molar-refractivity contribution >= 4 is 27.5 Å². The lowest BCUT2D eigenvalue weighted by atomic mass is 10.1. The third-order valence-corrected chi connectivity index (χ3v) is 6.29. The van der Waals surface area contributed by atoms with Gasteiger partial charge in [-0.05, 0) is 36.3 Å². The van der Waals surface area contributed by atoms with Gasteiger partial charge in [-0.3, -0.25) is 4.79 Å². The summed E-state index contributed by atoms with van der Waals surface area (Å²) in [6, 6.07) is 1.94. The van der Waals surface area contributed by atoms with Gasteiger partial charge in [0.1, 0.15) is 0 Å². The number of carbonyl (C=O) groups is 1. The van der Waals surface area contributed by atoms with Crippen molar-refractivity contribution in [2.45, 2.75) is 38.3 Å². The van der Waals surface area contributed by atoms with Crippen molar-refractivity contribution in [1.29, 1.82) is 0 Å². The zero-order valence-corrected chi connectivity index (χ0v) is 13.2. The summed E-state index contributed by atoms with van der Waals surface area (Å²) in [5.74, 6) is -0.488. The third-order valence-electron chi connectivity index (χ3n) is 3.79. The second kappa shape index (κ2) is 6.04. The molecule has 1 fully saturated rings. The number of thiophene rings is 1. The van der Waals surface area contributed by atoms with E-state index in [0.717, 1.165) is 18.4 Å². The highest BCUT2D eigenvalue weighted by molar-refractivity contribution is 7.87. The normalized spacial score (nSPS) is 23.0. The molecular weight excluding hydrogens is 312 g/mol. The minimum absolute atomic E-state index is 0.108. The lowest BCUT2D eigenvalue weighted by Gasteiger charge is -2.26. The highest BCUT2D eigenvalue weighted by Gasteiger charge is 2.29. The van der Waals surface area contributed by atoms with E-state index >= 15 is 0 Å². The number of fused-ring (bicyclic) bond motifs is 1. The minimum atomic E-state index is -3.76. The van der Waals surface area contributed by atoms with Crippen molar-refractivity contribution in [2.75, 3.05) is 13.2 Å². The smallest absolute Gasteiger partial charge is 0.304 e. The molecule has 0 bridgehead atoms. The fourth-order valence-electron chi connectivity index (χ4n) is 2.69. The van der Waals surface area contributed by atoms with Crippen LogP contribution in [0.4, 0.5) is 0 Å². The van der Waals surface area contributed by atoms with E-state index in [1.807, 2.05) is 11.4 Å². The number of ether oxygens (including phenoxy) is 1. The molecule has 3 heterocycles. The SMILES string of the molecule is O=C(CC1CCCO1)NS(=O)(=O)N1CCc2sccc2C1. The Balaban J connectivity index is 1.60. The summed E-state index contributed by atoms with van der Waals surface area (Å²) in [5, 5.41) is 1.97. The number of hydrogen-bond acceptors (Lipinski definition) is 5. The van der Waals surface area contributed by atoms with E-state index < -0.39 is 16.1 Å². The van der Waals surface area contributed by atoms with E-state index in [0.29, 0.717) is 26.1 Å².